The minimum absolute atomic E-state index is 0.0661. The number of benzene rings is 2. The van der Waals surface area contributed by atoms with Gasteiger partial charge in [-0.15, -0.1) is 0 Å². The second kappa shape index (κ2) is 9.66. The molecule has 4 heteroatoms. The molecule has 0 aliphatic carbocycles. The molecule has 0 amide bonds. The molecule has 26 heavy (non-hydrogen) atoms. The highest BCUT2D eigenvalue weighted by atomic mass is 16.5. The van der Waals surface area contributed by atoms with Crippen molar-refractivity contribution in [2.75, 3.05) is 20.8 Å². The summed E-state index contributed by atoms with van der Waals surface area (Å²) < 4.78 is 16.4. The molecule has 0 saturated heterocycles. The number of ether oxygens (including phenoxy) is 3. The van der Waals surface area contributed by atoms with Gasteiger partial charge in [-0.2, -0.15) is 0 Å². The second-order valence-electron chi connectivity index (χ2n) is 5.81. The minimum Gasteiger partial charge on any atom is -0.496 e. The first-order valence-corrected chi connectivity index (χ1v) is 8.83. The molecule has 4 nitrogen and oxygen atoms in total. The summed E-state index contributed by atoms with van der Waals surface area (Å²) in [7, 11) is 3.29. The van der Waals surface area contributed by atoms with Crippen molar-refractivity contribution in [1.29, 1.82) is 0 Å². The standard InChI is InChI=1S/C22H26O4/c1-5-7-19-21(24-3)14-16(15-22(19)25-4)8-13-20(23)17-9-11-18(12-10-17)26-6-2/h8-15H,5-7H2,1-4H3. The average molecular weight is 354 g/mol. The fourth-order valence-electron chi connectivity index (χ4n) is 2.75. The van der Waals surface area contributed by atoms with Gasteiger partial charge < -0.3 is 14.2 Å². The van der Waals surface area contributed by atoms with E-state index in [0.717, 1.165) is 41.2 Å². The normalized spacial score (nSPS) is 10.8. The Balaban J connectivity index is 2.22. The first-order valence-electron chi connectivity index (χ1n) is 8.83. The Morgan fingerprint density at radius 2 is 1.62 bits per heavy atom. The molecule has 0 bridgehead atoms. The average Bonchev–Trinajstić information content (AvgIpc) is 2.67. The lowest BCUT2D eigenvalue weighted by atomic mass is 10.0. The van der Waals surface area contributed by atoms with Crippen LogP contribution < -0.4 is 14.2 Å². The minimum atomic E-state index is -0.0661. The van der Waals surface area contributed by atoms with Crippen LogP contribution in [-0.4, -0.2) is 26.6 Å². The number of hydrogen-bond donors (Lipinski definition) is 0. The lowest BCUT2D eigenvalue weighted by Crippen LogP contribution is -1.98. The zero-order valence-electron chi connectivity index (χ0n) is 15.9. The lowest BCUT2D eigenvalue weighted by molar-refractivity contribution is 0.104. The van der Waals surface area contributed by atoms with E-state index >= 15 is 0 Å². The van der Waals surface area contributed by atoms with Gasteiger partial charge in [0.1, 0.15) is 17.2 Å². The molecule has 0 heterocycles. The number of carbonyl (C=O) groups is 1. The Hall–Kier alpha value is -2.75. The maximum absolute atomic E-state index is 12.4. The number of methoxy groups -OCH3 is 2. The van der Waals surface area contributed by atoms with Crippen LogP contribution in [0.5, 0.6) is 17.2 Å². The van der Waals surface area contributed by atoms with Gasteiger partial charge in [0, 0.05) is 11.1 Å². The van der Waals surface area contributed by atoms with Crippen LogP contribution in [0.25, 0.3) is 6.08 Å². The summed E-state index contributed by atoms with van der Waals surface area (Å²) in [4.78, 5) is 12.4. The number of allylic oxidation sites excluding steroid dienone is 1. The zero-order chi connectivity index (χ0) is 18.9. The Morgan fingerprint density at radius 3 is 2.12 bits per heavy atom. The summed E-state index contributed by atoms with van der Waals surface area (Å²) in [5.74, 6) is 2.25. The molecule has 0 unspecified atom stereocenters. The van der Waals surface area contributed by atoms with E-state index in [1.807, 2.05) is 19.1 Å². The van der Waals surface area contributed by atoms with Gasteiger partial charge in [-0.05, 0) is 61.4 Å². The monoisotopic (exact) mass is 354 g/mol. The predicted molar refractivity (Wildman–Crippen MR) is 105 cm³/mol. The van der Waals surface area contributed by atoms with Crippen molar-refractivity contribution in [3.63, 3.8) is 0 Å². The summed E-state index contributed by atoms with van der Waals surface area (Å²) in [6, 6.07) is 11.0. The van der Waals surface area contributed by atoms with Crippen molar-refractivity contribution in [2.45, 2.75) is 26.7 Å². The third-order valence-corrected chi connectivity index (χ3v) is 4.01. The highest BCUT2D eigenvalue weighted by Gasteiger charge is 2.11. The second-order valence-corrected chi connectivity index (χ2v) is 5.81. The van der Waals surface area contributed by atoms with E-state index in [2.05, 4.69) is 6.92 Å². The van der Waals surface area contributed by atoms with Gasteiger partial charge in [0.15, 0.2) is 5.78 Å². The van der Waals surface area contributed by atoms with Crippen molar-refractivity contribution in [3.05, 3.63) is 59.2 Å². The van der Waals surface area contributed by atoms with Gasteiger partial charge in [-0.3, -0.25) is 4.79 Å². The third-order valence-electron chi connectivity index (χ3n) is 4.01. The van der Waals surface area contributed by atoms with E-state index in [1.54, 1.807) is 50.6 Å². The number of carbonyl (C=O) groups excluding carboxylic acids is 1. The molecule has 2 aromatic carbocycles. The topological polar surface area (TPSA) is 44.8 Å². The van der Waals surface area contributed by atoms with Crippen molar-refractivity contribution >= 4 is 11.9 Å². The van der Waals surface area contributed by atoms with Gasteiger partial charge in [0.25, 0.3) is 0 Å². The van der Waals surface area contributed by atoms with E-state index in [4.69, 9.17) is 14.2 Å². The van der Waals surface area contributed by atoms with Gasteiger partial charge in [-0.1, -0.05) is 19.4 Å². The Morgan fingerprint density at radius 1 is 1.00 bits per heavy atom. The number of hydrogen-bond acceptors (Lipinski definition) is 4. The first-order chi connectivity index (χ1) is 12.6. The Labute approximate surface area is 155 Å². The highest BCUT2D eigenvalue weighted by molar-refractivity contribution is 6.06. The van der Waals surface area contributed by atoms with Gasteiger partial charge in [0.2, 0.25) is 0 Å². The van der Waals surface area contributed by atoms with Crippen LogP contribution in [0.3, 0.4) is 0 Å². The molecule has 0 aliphatic heterocycles. The largest absolute Gasteiger partial charge is 0.496 e. The van der Waals surface area contributed by atoms with Crippen LogP contribution in [0.2, 0.25) is 0 Å². The number of ketones is 1. The zero-order valence-corrected chi connectivity index (χ0v) is 15.9. The molecule has 0 spiro atoms. The SMILES string of the molecule is CCCc1c(OC)cc(C=CC(=O)c2ccc(OCC)cc2)cc1OC. The molecule has 0 radical (unpaired) electrons. The molecule has 0 fully saturated rings. The van der Waals surface area contributed by atoms with Crippen molar-refractivity contribution < 1.29 is 19.0 Å². The van der Waals surface area contributed by atoms with E-state index in [1.165, 1.54) is 0 Å². The van der Waals surface area contributed by atoms with E-state index in [-0.39, 0.29) is 5.78 Å². The Bertz CT molecular complexity index is 735. The Kier molecular flexibility index (Phi) is 7.27. The quantitative estimate of drug-likeness (QED) is 0.472. The van der Waals surface area contributed by atoms with Crippen LogP contribution >= 0.6 is 0 Å². The molecular formula is C22H26O4. The fraction of sp³-hybridized carbons (Fsp3) is 0.318. The highest BCUT2D eigenvalue weighted by Crippen LogP contribution is 2.32. The maximum atomic E-state index is 12.4. The van der Waals surface area contributed by atoms with Gasteiger partial charge in [-0.25, -0.2) is 0 Å². The van der Waals surface area contributed by atoms with E-state index < -0.39 is 0 Å². The number of rotatable bonds is 9. The van der Waals surface area contributed by atoms with Crippen molar-refractivity contribution in [3.8, 4) is 17.2 Å². The summed E-state index contributed by atoms with van der Waals surface area (Å²) in [6.45, 7) is 4.64. The molecule has 0 aromatic heterocycles. The molecule has 0 N–H and O–H groups in total. The first kappa shape index (κ1) is 19.6. The molecule has 138 valence electrons. The molecule has 0 atom stereocenters. The van der Waals surface area contributed by atoms with Crippen molar-refractivity contribution in [1.82, 2.24) is 0 Å². The van der Waals surface area contributed by atoms with Crippen LogP contribution in [0.4, 0.5) is 0 Å². The van der Waals surface area contributed by atoms with Crippen LogP contribution in [0.1, 0.15) is 41.8 Å². The van der Waals surface area contributed by atoms with E-state index in [0.29, 0.717) is 12.2 Å². The lowest BCUT2D eigenvalue weighted by Gasteiger charge is -2.13. The van der Waals surface area contributed by atoms with Crippen LogP contribution in [0, 0.1) is 0 Å². The van der Waals surface area contributed by atoms with Crippen LogP contribution in [0.15, 0.2) is 42.5 Å². The fourth-order valence-corrected chi connectivity index (χ4v) is 2.75. The predicted octanol–water partition coefficient (Wildman–Crippen LogP) is 4.95. The van der Waals surface area contributed by atoms with Gasteiger partial charge >= 0.3 is 0 Å². The van der Waals surface area contributed by atoms with Crippen molar-refractivity contribution in [2.24, 2.45) is 0 Å². The van der Waals surface area contributed by atoms with Crippen LogP contribution in [-0.2, 0) is 6.42 Å². The maximum Gasteiger partial charge on any atom is 0.185 e. The summed E-state index contributed by atoms with van der Waals surface area (Å²) in [6.07, 6.45) is 5.21. The smallest absolute Gasteiger partial charge is 0.185 e. The molecular weight excluding hydrogens is 328 g/mol. The molecule has 2 aromatic rings. The molecule has 2 rings (SSSR count). The molecule has 0 saturated carbocycles. The van der Waals surface area contributed by atoms with E-state index in [9.17, 15) is 4.79 Å². The summed E-state index contributed by atoms with van der Waals surface area (Å²) >= 11 is 0. The summed E-state index contributed by atoms with van der Waals surface area (Å²) in [5, 5.41) is 0. The summed E-state index contributed by atoms with van der Waals surface area (Å²) in [5.41, 5.74) is 2.52. The third kappa shape index (κ3) is 4.88. The van der Waals surface area contributed by atoms with Gasteiger partial charge in [0.05, 0.1) is 20.8 Å². The molecule has 0 aliphatic rings.